The van der Waals surface area contributed by atoms with Gasteiger partial charge in [0.05, 0.1) is 18.2 Å². The zero-order valence-electron chi connectivity index (χ0n) is 19.9. The van der Waals surface area contributed by atoms with E-state index in [1.54, 1.807) is 27.7 Å². The fourth-order valence-corrected chi connectivity index (χ4v) is 3.20. The molecule has 0 aromatic heterocycles. The van der Waals surface area contributed by atoms with Crippen LogP contribution in [0.4, 0.5) is 13.6 Å². The van der Waals surface area contributed by atoms with Gasteiger partial charge in [-0.15, -0.1) is 0 Å². The maximum absolute atomic E-state index is 13.6. The van der Waals surface area contributed by atoms with Gasteiger partial charge in [-0.05, 0) is 57.4 Å². The Morgan fingerprint density at radius 1 is 1.03 bits per heavy atom. The molecule has 34 heavy (non-hydrogen) atoms. The van der Waals surface area contributed by atoms with Gasteiger partial charge in [-0.3, -0.25) is 4.79 Å². The highest BCUT2D eigenvalue weighted by Crippen LogP contribution is 2.13. The van der Waals surface area contributed by atoms with Crippen molar-refractivity contribution in [3.63, 3.8) is 0 Å². The van der Waals surface area contributed by atoms with Crippen LogP contribution in [0.25, 0.3) is 0 Å². The van der Waals surface area contributed by atoms with Gasteiger partial charge in [0.25, 0.3) is 0 Å². The third-order valence-electron chi connectivity index (χ3n) is 4.88. The van der Waals surface area contributed by atoms with E-state index in [1.165, 1.54) is 0 Å². The molecule has 0 aliphatic heterocycles. The molecular weight excluding hydrogens is 444 g/mol. The normalized spacial score (nSPS) is 14.1. The van der Waals surface area contributed by atoms with Crippen LogP contribution in [0.5, 0.6) is 0 Å². The summed E-state index contributed by atoms with van der Waals surface area (Å²) in [6.45, 7) is 7.03. The van der Waals surface area contributed by atoms with E-state index < -0.39 is 41.5 Å². The number of nitrogens with one attached hydrogen (secondary N) is 3. The van der Waals surface area contributed by atoms with Crippen LogP contribution in [0.2, 0.25) is 0 Å². The number of aliphatic hydroxyl groups excluding tert-OH is 1. The Balaban J connectivity index is 1.99. The first-order valence-electron chi connectivity index (χ1n) is 11.1. The molecule has 9 heteroatoms. The Morgan fingerprint density at radius 3 is 2.24 bits per heavy atom. The van der Waals surface area contributed by atoms with Gasteiger partial charge in [-0.1, -0.05) is 30.3 Å². The number of benzene rings is 2. The second-order valence-corrected chi connectivity index (χ2v) is 9.14. The van der Waals surface area contributed by atoms with Gasteiger partial charge in [0.15, 0.2) is 0 Å². The third-order valence-corrected chi connectivity index (χ3v) is 4.88. The summed E-state index contributed by atoms with van der Waals surface area (Å²) in [7, 11) is 0. The standard InChI is InChI=1S/C25H33F2N3O4/c1-16(23(32)29-14-17-8-6-5-7-9-17)28-15-22(31)21(30-24(33)34-25(2,3)4)12-18-10-19(26)13-20(27)11-18/h5-11,13,16,21-22,28,31H,12,14-15H2,1-4H3,(H,29,32)(H,30,33)/t16?,21-,22+/m0/s1. The molecule has 3 atom stereocenters. The lowest BCUT2D eigenvalue weighted by atomic mass is 10.0. The number of hydrogen-bond donors (Lipinski definition) is 4. The topological polar surface area (TPSA) is 99.7 Å². The number of aliphatic hydroxyl groups is 1. The lowest BCUT2D eigenvalue weighted by molar-refractivity contribution is -0.123. The van der Waals surface area contributed by atoms with Crippen molar-refractivity contribution < 1.29 is 28.2 Å². The molecule has 2 aromatic rings. The number of carbonyl (C=O) groups is 2. The summed E-state index contributed by atoms with van der Waals surface area (Å²) in [5, 5.41) is 19.0. The monoisotopic (exact) mass is 477 g/mol. The van der Waals surface area contributed by atoms with Crippen LogP contribution in [0.3, 0.4) is 0 Å². The molecule has 0 saturated heterocycles. The molecule has 2 rings (SSSR count). The summed E-state index contributed by atoms with van der Waals surface area (Å²) in [6.07, 6.45) is -2.00. The average molecular weight is 478 g/mol. The summed E-state index contributed by atoms with van der Waals surface area (Å²) in [5.74, 6) is -1.79. The Hall–Kier alpha value is -3.04. The number of hydrogen-bond acceptors (Lipinski definition) is 5. The molecule has 0 radical (unpaired) electrons. The number of rotatable bonds is 10. The zero-order chi connectivity index (χ0) is 25.3. The lowest BCUT2D eigenvalue weighted by Gasteiger charge is -2.28. The van der Waals surface area contributed by atoms with Crippen molar-refractivity contribution in [2.75, 3.05) is 6.54 Å². The average Bonchev–Trinajstić information content (AvgIpc) is 2.73. The van der Waals surface area contributed by atoms with Gasteiger partial charge < -0.3 is 25.8 Å². The zero-order valence-corrected chi connectivity index (χ0v) is 19.9. The minimum atomic E-state index is -1.18. The van der Waals surface area contributed by atoms with Gasteiger partial charge in [0.2, 0.25) is 5.91 Å². The number of carbonyl (C=O) groups excluding carboxylic acids is 2. The van der Waals surface area contributed by atoms with Crippen LogP contribution in [0, 0.1) is 11.6 Å². The molecule has 0 aliphatic carbocycles. The molecule has 0 fully saturated rings. The molecule has 0 spiro atoms. The van der Waals surface area contributed by atoms with E-state index in [1.807, 2.05) is 30.3 Å². The molecule has 4 N–H and O–H groups in total. The minimum Gasteiger partial charge on any atom is -0.444 e. The van der Waals surface area contributed by atoms with Crippen LogP contribution < -0.4 is 16.0 Å². The van der Waals surface area contributed by atoms with E-state index in [-0.39, 0.29) is 24.4 Å². The molecule has 7 nitrogen and oxygen atoms in total. The molecular formula is C25H33F2N3O4. The summed E-state index contributed by atoms with van der Waals surface area (Å²) in [4.78, 5) is 24.7. The maximum atomic E-state index is 13.6. The van der Waals surface area contributed by atoms with Crippen LogP contribution >= 0.6 is 0 Å². The molecule has 2 amide bonds. The smallest absolute Gasteiger partial charge is 0.407 e. The maximum Gasteiger partial charge on any atom is 0.407 e. The summed E-state index contributed by atoms with van der Waals surface area (Å²) in [6, 6.07) is 10.9. The highest BCUT2D eigenvalue weighted by molar-refractivity contribution is 5.81. The number of amides is 2. The predicted molar refractivity (Wildman–Crippen MR) is 125 cm³/mol. The summed E-state index contributed by atoms with van der Waals surface area (Å²) < 4.78 is 32.5. The van der Waals surface area contributed by atoms with Crippen molar-refractivity contribution in [2.45, 2.75) is 64.4 Å². The van der Waals surface area contributed by atoms with E-state index in [0.29, 0.717) is 6.54 Å². The largest absolute Gasteiger partial charge is 0.444 e. The first-order chi connectivity index (χ1) is 15.9. The lowest BCUT2D eigenvalue weighted by Crippen LogP contribution is -2.52. The van der Waals surface area contributed by atoms with Gasteiger partial charge in [-0.25, -0.2) is 13.6 Å². The summed E-state index contributed by atoms with van der Waals surface area (Å²) >= 11 is 0. The predicted octanol–water partition coefficient (Wildman–Crippen LogP) is 3.06. The number of ether oxygens (including phenoxy) is 1. The van der Waals surface area contributed by atoms with Crippen molar-refractivity contribution in [3.05, 3.63) is 71.3 Å². The van der Waals surface area contributed by atoms with Gasteiger partial charge in [-0.2, -0.15) is 0 Å². The van der Waals surface area contributed by atoms with E-state index in [2.05, 4.69) is 16.0 Å². The van der Waals surface area contributed by atoms with Crippen molar-refractivity contribution in [1.82, 2.24) is 16.0 Å². The Labute approximate surface area is 198 Å². The molecule has 0 bridgehead atoms. The van der Waals surface area contributed by atoms with Crippen LogP contribution in [0.15, 0.2) is 48.5 Å². The Bertz CT molecular complexity index is 931. The van der Waals surface area contributed by atoms with Crippen molar-refractivity contribution in [2.24, 2.45) is 0 Å². The van der Waals surface area contributed by atoms with Crippen molar-refractivity contribution in [3.8, 4) is 0 Å². The molecule has 0 saturated carbocycles. The second kappa shape index (κ2) is 12.4. The number of alkyl carbamates (subject to hydrolysis) is 1. The highest BCUT2D eigenvalue weighted by Gasteiger charge is 2.26. The molecule has 2 aromatic carbocycles. The van der Waals surface area contributed by atoms with Gasteiger partial charge >= 0.3 is 6.09 Å². The van der Waals surface area contributed by atoms with Gasteiger partial charge in [0, 0.05) is 19.2 Å². The van der Waals surface area contributed by atoms with Crippen molar-refractivity contribution in [1.29, 1.82) is 0 Å². The molecule has 0 aliphatic rings. The SMILES string of the molecule is CC(NC[C@@H](O)[C@H](Cc1cc(F)cc(F)c1)NC(=O)OC(C)(C)C)C(=O)NCc1ccccc1. The highest BCUT2D eigenvalue weighted by atomic mass is 19.1. The molecule has 186 valence electrons. The third kappa shape index (κ3) is 9.84. The van der Waals surface area contributed by atoms with Crippen LogP contribution in [0.1, 0.15) is 38.8 Å². The minimum absolute atomic E-state index is 0.0502. The van der Waals surface area contributed by atoms with E-state index in [0.717, 1.165) is 23.8 Å². The summed E-state index contributed by atoms with van der Waals surface area (Å²) in [5.41, 5.74) is 0.437. The fourth-order valence-electron chi connectivity index (χ4n) is 3.20. The number of halogens is 2. The molecule has 1 unspecified atom stereocenters. The second-order valence-electron chi connectivity index (χ2n) is 9.14. The quantitative estimate of drug-likeness (QED) is 0.422. The van der Waals surface area contributed by atoms with Crippen molar-refractivity contribution >= 4 is 12.0 Å². The van der Waals surface area contributed by atoms with E-state index in [9.17, 15) is 23.5 Å². The van der Waals surface area contributed by atoms with Gasteiger partial charge in [0.1, 0.15) is 17.2 Å². The first kappa shape index (κ1) is 27.2. The first-order valence-corrected chi connectivity index (χ1v) is 11.1. The Kier molecular flexibility index (Phi) is 9.95. The van der Waals surface area contributed by atoms with E-state index in [4.69, 9.17) is 4.74 Å². The molecule has 0 heterocycles. The van der Waals surface area contributed by atoms with Crippen LogP contribution in [-0.2, 0) is 22.5 Å². The van der Waals surface area contributed by atoms with E-state index >= 15 is 0 Å². The Morgan fingerprint density at radius 2 is 1.65 bits per heavy atom. The fraction of sp³-hybridized carbons (Fsp3) is 0.440. The van der Waals surface area contributed by atoms with Crippen LogP contribution in [-0.4, -0.2) is 47.4 Å².